The lowest BCUT2D eigenvalue weighted by Crippen LogP contribution is -2.35. The summed E-state index contributed by atoms with van der Waals surface area (Å²) >= 11 is 0. The standard InChI is InChI=1S/C15H14N2/c1-3-8-14(9-4-1)16-12-7-13-17(16)15-10-5-2-6-11-15/h1-12H,13H2/i3D,5D,8D,10D. The molecule has 1 aliphatic heterocycles. The summed E-state index contributed by atoms with van der Waals surface area (Å²) in [5, 5.41) is 3.58. The average molecular weight is 226 g/mol. The number of hydrogen-bond donors (Lipinski definition) is 0. The summed E-state index contributed by atoms with van der Waals surface area (Å²) in [6.07, 6.45) is 3.75. The molecule has 2 heteroatoms. The molecule has 0 aliphatic carbocycles. The summed E-state index contributed by atoms with van der Waals surface area (Å²) in [7, 11) is 0. The Labute approximate surface area is 107 Å². The van der Waals surface area contributed by atoms with Crippen LogP contribution in [0.2, 0.25) is 0 Å². The highest BCUT2D eigenvalue weighted by molar-refractivity contribution is 5.62. The molecule has 0 bridgehead atoms. The Morgan fingerprint density at radius 3 is 2.47 bits per heavy atom. The molecule has 1 heterocycles. The van der Waals surface area contributed by atoms with Crippen molar-refractivity contribution in [3.63, 3.8) is 0 Å². The van der Waals surface area contributed by atoms with E-state index < -0.39 is 0 Å². The van der Waals surface area contributed by atoms with Crippen LogP contribution in [0.25, 0.3) is 0 Å². The first kappa shape index (κ1) is 6.50. The zero-order chi connectivity index (χ0) is 15.0. The highest BCUT2D eigenvalue weighted by Crippen LogP contribution is 2.25. The van der Waals surface area contributed by atoms with Gasteiger partial charge in [0.25, 0.3) is 0 Å². The molecule has 2 aromatic carbocycles. The van der Waals surface area contributed by atoms with Gasteiger partial charge in [0.1, 0.15) is 0 Å². The van der Waals surface area contributed by atoms with Crippen LogP contribution in [0.15, 0.2) is 72.8 Å². The third-order valence-electron chi connectivity index (χ3n) is 2.58. The Hall–Kier alpha value is -2.22. The third kappa shape index (κ3) is 1.89. The van der Waals surface area contributed by atoms with Gasteiger partial charge in [0.15, 0.2) is 0 Å². The van der Waals surface area contributed by atoms with Crippen molar-refractivity contribution in [3.05, 3.63) is 72.8 Å². The maximum absolute atomic E-state index is 8.04. The van der Waals surface area contributed by atoms with E-state index >= 15 is 0 Å². The van der Waals surface area contributed by atoms with Crippen LogP contribution >= 0.6 is 0 Å². The summed E-state index contributed by atoms with van der Waals surface area (Å²) in [6, 6.07) is 10.8. The molecule has 2 aromatic rings. The second-order valence-corrected chi connectivity index (χ2v) is 3.67. The summed E-state index contributed by atoms with van der Waals surface area (Å²) in [5.74, 6) is 0. The quantitative estimate of drug-likeness (QED) is 0.774. The van der Waals surface area contributed by atoms with Crippen molar-refractivity contribution in [2.24, 2.45) is 0 Å². The molecule has 17 heavy (non-hydrogen) atoms. The minimum absolute atomic E-state index is 0.141. The molecule has 0 aromatic heterocycles. The monoisotopic (exact) mass is 226 g/mol. The molecular formula is C15H14N2. The number of rotatable bonds is 2. The molecule has 0 saturated heterocycles. The Morgan fingerprint density at radius 2 is 1.65 bits per heavy atom. The van der Waals surface area contributed by atoms with Gasteiger partial charge in [0.2, 0.25) is 0 Å². The zero-order valence-corrected chi connectivity index (χ0v) is 9.22. The van der Waals surface area contributed by atoms with Crippen molar-refractivity contribution in [2.75, 3.05) is 16.6 Å². The van der Waals surface area contributed by atoms with Crippen molar-refractivity contribution in [3.8, 4) is 0 Å². The van der Waals surface area contributed by atoms with Gasteiger partial charge >= 0.3 is 0 Å². The fourth-order valence-corrected chi connectivity index (χ4v) is 1.81. The smallest absolute Gasteiger partial charge is 0.0645 e. The van der Waals surface area contributed by atoms with Crippen molar-refractivity contribution < 1.29 is 5.48 Å². The van der Waals surface area contributed by atoms with E-state index in [2.05, 4.69) is 0 Å². The zero-order valence-electron chi connectivity index (χ0n) is 13.2. The molecule has 0 N–H and O–H groups in total. The van der Waals surface area contributed by atoms with Gasteiger partial charge in [-0.2, -0.15) is 0 Å². The molecule has 0 fully saturated rings. The minimum atomic E-state index is 0.141. The molecule has 0 unspecified atom stereocenters. The van der Waals surface area contributed by atoms with Gasteiger partial charge < -0.3 is 0 Å². The number of para-hydroxylation sites is 2. The molecule has 0 saturated carbocycles. The van der Waals surface area contributed by atoms with Crippen LogP contribution in [0, 0.1) is 0 Å². The molecule has 0 spiro atoms. The molecule has 0 atom stereocenters. The Morgan fingerprint density at radius 1 is 0.941 bits per heavy atom. The van der Waals surface area contributed by atoms with Crippen LogP contribution in [0.3, 0.4) is 0 Å². The second-order valence-electron chi connectivity index (χ2n) is 3.67. The van der Waals surface area contributed by atoms with Crippen LogP contribution in [0.4, 0.5) is 11.4 Å². The van der Waals surface area contributed by atoms with E-state index in [9.17, 15) is 0 Å². The second kappa shape index (κ2) is 4.34. The predicted molar refractivity (Wildman–Crippen MR) is 71.8 cm³/mol. The van der Waals surface area contributed by atoms with Gasteiger partial charge in [-0.05, 0) is 30.3 Å². The van der Waals surface area contributed by atoms with Crippen LogP contribution < -0.4 is 10.0 Å². The topological polar surface area (TPSA) is 6.48 Å². The fraction of sp³-hybridized carbons (Fsp3) is 0.0667. The number of nitrogens with zero attached hydrogens (tertiary/aromatic N) is 2. The van der Waals surface area contributed by atoms with Crippen molar-refractivity contribution in [1.29, 1.82) is 0 Å². The summed E-state index contributed by atoms with van der Waals surface area (Å²) in [5.41, 5.74) is 1.20. The molecule has 3 rings (SSSR count). The lowest BCUT2D eigenvalue weighted by Gasteiger charge is -2.30. The van der Waals surface area contributed by atoms with Gasteiger partial charge in [-0.3, -0.25) is 10.0 Å². The first-order valence-electron chi connectivity index (χ1n) is 7.45. The highest BCUT2D eigenvalue weighted by Gasteiger charge is 2.17. The van der Waals surface area contributed by atoms with Crippen molar-refractivity contribution >= 4 is 11.4 Å². The molecule has 84 valence electrons. The molecule has 0 amide bonds. The van der Waals surface area contributed by atoms with Crippen molar-refractivity contribution in [2.45, 2.75) is 0 Å². The van der Waals surface area contributed by atoms with Crippen molar-refractivity contribution in [1.82, 2.24) is 0 Å². The van der Waals surface area contributed by atoms with E-state index in [1.165, 1.54) is 0 Å². The molecular weight excluding hydrogens is 208 g/mol. The van der Waals surface area contributed by atoms with E-state index in [0.717, 1.165) is 0 Å². The maximum atomic E-state index is 8.04. The Bertz CT molecular complexity index is 715. The van der Waals surface area contributed by atoms with Crippen LogP contribution in [-0.4, -0.2) is 6.54 Å². The average Bonchev–Trinajstić information content (AvgIpc) is 2.94. The normalized spacial score (nSPS) is 17.6. The number of hydrogen-bond acceptors (Lipinski definition) is 2. The fourth-order valence-electron chi connectivity index (χ4n) is 1.81. The Balaban J connectivity index is 2.05. The first-order chi connectivity index (χ1) is 10.1. The van der Waals surface area contributed by atoms with E-state index in [4.69, 9.17) is 5.48 Å². The number of hydrazine groups is 1. The van der Waals surface area contributed by atoms with Gasteiger partial charge in [0.05, 0.1) is 23.4 Å². The maximum Gasteiger partial charge on any atom is 0.0645 e. The van der Waals surface area contributed by atoms with Gasteiger partial charge in [0, 0.05) is 6.20 Å². The largest absolute Gasteiger partial charge is 0.277 e. The number of benzene rings is 2. The van der Waals surface area contributed by atoms with Crippen LogP contribution in [0.5, 0.6) is 0 Å². The SMILES string of the molecule is [2H]c1cccc(N2C=CCN2c2cccc([2H])c2[2H])c1[2H]. The van der Waals surface area contributed by atoms with E-state index in [0.29, 0.717) is 17.9 Å². The third-order valence-corrected chi connectivity index (χ3v) is 2.58. The van der Waals surface area contributed by atoms with Gasteiger partial charge in [-0.1, -0.05) is 36.4 Å². The summed E-state index contributed by atoms with van der Waals surface area (Å²) < 4.78 is 31.6. The Kier molecular flexibility index (Phi) is 1.66. The van der Waals surface area contributed by atoms with E-state index in [1.54, 1.807) is 41.4 Å². The summed E-state index contributed by atoms with van der Waals surface area (Å²) in [4.78, 5) is 0. The summed E-state index contributed by atoms with van der Waals surface area (Å²) in [6.45, 7) is 0.566. The van der Waals surface area contributed by atoms with Crippen LogP contribution in [0.1, 0.15) is 5.48 Å². The molecule has 2 nitrogen and oxygen atoms in total. The lowest BCUT2D eigenvalue weighted by molar-refractivity contribution is 0.923. The van der Waals surface area contributed by atoms with E-state index in [-0.39, 0.29) is 24.2 Å². The lowest BCUT2D eigenvalue weighted by atomic mass is 10.3. The van der Waals surface area contributed by atoms with Crippen LogP contribution in [-0.2, 0) is 0 Å². The number of anilines is 2. The molecule has 0 radical (unpaired) electrons. The van der Waals surface area contributed by atoms with Gasteiger partial charge in [-0.15, -0.1) is 0 Å². The van der Waals surface area contributed by atoms with E-state index in [1.807, 2.05) is 17.3 Å². The highest BCUT2D eigenvalue weighted by atomic mass is 15.6. The van der Waals surface area contributed by atoms with Gasteiger partial charge in [-0.25, -0.2) is 0 Å². The first-order valence-corrected chi connectivity index (χ1v) is 5.45. The molecule has 1 aliphatic rings. The minimum Gasteiger partial charge on any atom is -0.277 e. The predicted octanol–water partition coefficient (Wildman–Crippen LogP) is 3.44.